The van der Waals surface area contributed by atoms with Gasteiger partial charge in [0, 0.05) is 25.5 Å². The zero-order valence-corrected chi connectivity index (χ0v) is 12.2. The van der Waals surface area contributed by atoms with Crippen LogP contribution in [0.3, 0.4) is 0 Å². The summed E-state index contributed by atoms with van der Waals surface area (Å²) in [5, 5.41) is 2.77. The molecule has 1 aliphatic carbocycles. The van der Waals surface area contributed by atoms with Crippen molar-refractivity contribution in [1.29, 1.82) is 0 Å². The number of amides is 1. The normalized spacial score (nSPS) is 15.4. The highest BCUT2D eigenvalue weighted by atomic mass is 16.6. The highest BCUT2D eigenvalue weighted by Crippen LogP contribution is 2.23. The van der Waals surface area contributed by atoms with Gasteiger partial charge in [0.1, 0.15) is 0 Å². The lowest BCUT2D eigenvalue weighted by atomic mass is 9.93. The van der Waals surface area contributed by atoms with E-state index in [9.17, 15) is 14.4 Å². The van der Waals surface area contributed by atoms with E-state index in [0.717, 1.165) is 0 Å². The van der Waals surface area contributed by atoms with Gasteiger partial charge in [-0.15, -0.1) is 0 Å². The molecular formula is C17H17NO4. The topological polar surface area (TPSA) is 72.5 Å². The average molecular weight is 299 g/mol. The van der Waals surface area contributed by atoms with Crippen LogP contribution in [-0.2, 0) is 14.3 Å². The Bertz CT molecular complexity index is 615. The summed E-state index contributed by atoms with van der Waals surface area (Å²) in [6.07, 6.45) is 6.17. The Morgan fingerprint density at radius 2 is 1.77 bits per heavy atom. The first-order valence-corrected chi connectivity index (χ1v) is 6.96. The largest absolute Gasteiger partial charge is 0.451 e. The number of carbonyl (C=O) groups excluding carboxylic acids is 3. The average Bonchev–Trinajstić information content (AvgIpc) is 2.50. The molecule has 0 unspecified atom stereocenters. The van der Waals surface area contributed by atoms with E-state index in [2.05, 4.69) is 5.32 Å². The molecule has 0 aliphatic heterocycles. The fourth-order valence-corrected chi connectivity index (χ4v) is 2.17. The summed E-state index contributed by atoms with van der Waals surface area (Å²) in [6.45, 7) is 1.62. The molecule has 0 fully saturated rings. The zero-order valence-electron chi connectivity index (χ0n) is 12.2. The summed E-state index contributed by atoms with van der Waals surface area (Å²) in [5.74, 6) is -0.799. The molecule has 0 heterocycles. The fraction of sp³-hybridized carbons (Fsp3) is 0.235. The molecule has 0 spiro atoms. The molecule has 22 heavy (non-hydrogen) atoms. The summed E-state index contributed by atoms with van der Waals surface area (Å²) < 4.78 is 5.30. The van der Waals surface area contributed by atoms with Gasteiger partial charge in [-0.1, -0.05) is 18.2 Å². The number of carbonyl (C=O) groups is 3. The lowest BCUT2D eigenvalue weighted by molar-refractivity contribution is -0.149. The van der Waals surface area contributed by atoms with Crippen LogP contribution in [0.4, 0.5) is 0 Å². The lowest BCUT2D eigenvalue weighted by Gasteiger charge is -2.28. The third kappa shape index (κ3) is 4.15. The summed E-state index contributed by atoms with van der Waals surface area (Å²) in [4.78, 5) is 34.4. The standard InChI is InChI=1S/C17H17NO4/c1-13(19)22-17(9-7-15(20)8-10-17)11-12-18-16(21)14-5-3-2-4-6-14/h2-10H,11-12H2,1H3,(H,18,21). The molecule has 5 heteroatoms. The van der Waals surface area contributed by atoms with Crippen molar-refractivity contribution in [1.82, 2.24) is 5.32 Å². The molecule has 1 amide bonds. The van der Waals surface area contributed by atoms with Crippen molar-refractivity contribution < 1.29 is 19.1 Å². The fourth-order valence-electron chi connectivity index (χ4n) is 2.17. The van der Waals surface area contributed by atoms with Crippen LogP contribution in [0.15, 0.2) is 54.6 Å². The second-order valence-electron chi connectivity index (χ2n) is 4.99. The lowest BCUT2D eigenvalue weighted by Crippen LogP contribution is -2.37. The number of ketones is 1. The van der Waals surface area contributed by atoms with E-state index in [0.29, 0.717) is 18.5 Å². The minimum atomic E-state index is -0.982. The Balaban J connectivity index is 1.96. The van der Waals surface area contributed by atoms with Crippen LogP contribution >= 0.6 is 0 Å². The first kappa shape index (κ1) is 15.7. The Labute approximate surface area is 128 Å². The van der Waals surface area contributed by atoms with Gasteiger partial charge in [-0.05, 0) is 36.4 Å². The number of hydrogen-bond donors (Lipinski definition) is 1. The third-order valence-corrected chi connectivity index (χ3v) is 3.23. The monoisotopic (exact) mass is 299 g/mol. The molecule has 114 valence electrons. The maximum absolute atomic E-state index is 12.0. The quantitative estimate of drug-likeness (QED) is 0.842. The Morgan fingerprint density at radius 3 is 2.36 bits per heavy atom. The van der Waals surface area contributed by atoms with Gasteiger partial charge in [-0.25, -0.2) is 0 Å². The first-order chi connectivity index (χ1) is 10.5. The van der Waals surface area contributed by atoms with Crippen LogP contribution < -0.4 is 5.32 Å². The number of allylic oxidation sites excluding steroid dienone is 2. The van der Waals surface area contributed by atoms with Crippen molar-refractivity contribution in [3.05, 3.63) is 60.2 Å². The second-order valence-corrected chi connectivity index (χ2v) is 4.99. The molecule has 0 saturated heterocycles. The molecular weight excluding hydrogens is 282 g/mol. The second kappa shape index (κ2) is 6.85. The summed E-state index contributed by atoms with van der Waals surface area (Å²) in [7, 11) is 0. The summed E-state index contributed by atoms with van der Waals surface area (Å²) >= 11 is 0. The van der Waals surface area contributed by atoms with E-state index < -0.39 is 11.6 Å². The van der Waals surface area contributed by atoms with Gasteiger partial charge in [-0.3, -0.25) is 14.4 Å². The molecule has 1 aromatic carbocycles. The molecule has 1 aromatic rings. The van der Waals surface area contributed by atoms with Gasteiger partial charge in [0.2, 0.25) is 0 Å². The van der Waals surface area contributed by atoms with Crippen molar-refractivity contribution in [2.75, 3.05) is 6.54 Å². The predicted molar refractivity (Wildman–Crippen MR) is 81.2 cm³/mol. The van der Waals surface area contributed by atoms with Gasteiger partial charge >= 0.3 is 5.97 Å². The number of ether oxygens (including phenoxy) is 1. The molecule has 5 nitrogen and oxygen atoms in total. The Hall–Kier alpha value is -2.69. The van der Waals surface area contributed by atoms with Gasteiger partial charge in [-0.2, -0.15) is 0 Å². The van der Waals surface area contributed by atoms with Gasteiger partial charge < -0.3 is 10.1 Å². The van der Waals surface area contributed by atoms with Gasteiger partial charge in [0.15, 0.2) is 11.4 Å². The Kier molecular flexibility index (Phi) is 4.88. The smallest absolute Gasteiger partial charge is 0.303 e. The third-order valence-electron chi connectivity index (χ3n) is 3.23. The first-order valence-electron chi connectivity index (χ1n) is 6.96. The van der Waals surface area contributed by atoms with Crippen molar-refractivity contribution in [2.24, 2.45) is 0 Å². The van der Waals surface area contributed by atoms with E-state index in [-0.39, 0.29) is 11.7 Å². The SMILES string of the molecule is CC(=O)OC1(CCNC(=O)c2ccccc2)C=CC(=O)C=C1. The number of nitrogens with one attached hydrogen (secondary N) is 1. The maximum Gasteiger partial charge on any atom is 0.303 e. The van der Waals surface area contributed by atoms with Gasteiger partial charge in [0.05, 0.1) is 0 Å². The van der Waals surface area contributed by atoms with E-state index in [4.69, 9.17) is 4.74 Å². The molecule has 0 atom stereocenters. The molecule has 1 aliphatic rings. The van der Waals surface area contributed by atoms with Crippen LogP contribution in [0.25, 0.3) is 0 Å². The van der Waals surface area contributed by atoms with Crippen molar-refractivity contribution in [3.63, 3.8) is 0 Å². The Morgan fingerprint density at radius 1 is 1.14 bits per heavy atom. The maximum atomic E-state index is 12.0. The number of benzene rings is 1. The highest BCUT2D eigenvalue weighted by molar-refractivity contribution is 6.00. The highest BCUT2D eigenvalue weighted by Gasteiger charge is 2.29. The van der Waals surface area contributed by atoms with E-state index in [1.165, 1.54) is 19.1 Å². The molecule has 1 N–H and O–H groups in total. The molecule has 2 rings (SSSR count). The molecule has 0 aromatic heterocycles. The molecule has 0 saturated carbocycles. The zero-order chi connectivity index (χ0) is 16.0. The van der Waals surface area contributed by atoms with Crippen LogP contribution in [0, 0.1) is 0 Å². The van der Waals surface area contributed by atoms with E-state index in [1.54, 1.807) is 36.4 Å². The summed E-state index contributed by atoms with van der Waals surface area (Å²) in [5.41, 5.74) is -0.419. The predicted octanol–water partition coefficient (Wildman–Crippen LogP) is 1.80. The summed E-state index contributed by atoms with van der Waals surface area (Å²) in [6, 6.07) is 8.84. The number of hydrogen-bond acceptors (Lipinski definition) is 4. The van der Waals surface area contributed by atoms with Crippen LogP contribution in [0.2, 0.25) is 0 Å². The van der Waals surface area contributed by atoms with Crippen molar-refractivity contribution in [3.8, 4) is 0 Å². The number of rotatable bonds is 5. The van der Waals surface area contributed by atoms with Gasteiger partial charge in [0.25, 0.3) is 5.91 Å². The van der Waals surface area contributed by atoms with E-state index in [1.807, 2.05) is 6.07 Å². The van der Waals surface area contributed by atoms with Crippen LogP contribution in [0.5, 0.6) is 0 Å². The van der Waals surface area contributed by atoms with Crippen molar-refractivity contribution >= 4 is 17.7 Å². The minimum Gasteiger partial charge on any atom is -0.451 e. The van der Waals surface area contributed by atoms with E-state index >= 15 is 0 Å². The molecule has 0 radical (unpaired) electrons. The minimum absolute atomic E-state index is 0.156. The number of esters is 1. The van der Waals surface area contributed by atoms with Crippen LogP contribution in [0.1, 0.15) is 23.7 Å². The molecule has 0 bridgehead atoms. The van der Waals surface area contributed by atoms with Crippen molar-refractivity contribution in [2.45, 2.75) is 18.9 Å². The van der Waals surface area contributed by atoms with Crippen LogP contribution in [-0.4, -0.2) is 29.8 Å².